The van der Waals surface area contributed by atoms with Crippen LogP contribution in [-0.4, -0.2) is 92.6 Å². The molecular weight excluding hydrogens is 853 g/mol. The maximum absolute atomic E-state index is 14.2. The number of H-pyrrole nitrogens is 2. The van der Waals surface area contributed by atoms with Gasteiger partial charge >= 0.3 is 12.2 Å². The molecule has 1 aliphatic heterocycles. The molecule has 3 aromatic heterocycles. The van der Waals surface area contributed by atoms with Crippen LogP contribution in [0, 0.1) is 11.8 Å². The summed E-state index contributed by atoms with van der Waals surface area (Å²) in [6.45, 7) is 8.62. The third kappa shape index (κ3) is 8.80. The molecule has 3 atom stereocenters. The molecule has 14 nitrogen and oxygen atoms in total. The van der Waals surface area contributed by atoms with Crippen molar-refractivity contribution < 1.29 is 28.7 Å². The van der Waals surface area contributed by atoms with Crippen LogP contribution in [-0.2, 0) is 25.6 Å². The zero-order valence-electron chi connectivity index (χ0n) is 38.4. The van der Waals surface area contributed by atoms with E-state index < -0.39 is 24.3 Å². The van der Waals surface area contributed by atoms with Crippen LogP contribution in [0.5, 0.6) is 0 Å². The fourth-order valence-corrected chi connectivity index (χ4v) is 11.0. The third-order valence-electron chi connectivity index (χ3n) is 13.4. The number of imidazole rings is 2. The van der Waals surface area contributed by atoms with Crippen LogP contribution in [0.1, 0.15) is 90.3 Å². The molecule has 4 N–H and O–H groups in total. The van der Waals surface area contributed by atoms with Gasteiger partial charge in [-0.05, 0) is 89.2 Å². The lowest BCUT2D eigenvalue weighted by molar-refractivity contribution is -0.138. The maximum atomic E-state index is 14.2. The minimum Gasteiger partial charge on any atom is -0.453 e. The lowest BCUT2D eigenvalue weighted by Crippen LogP contribution is -2.54. The zero-order valence-corrected chi connectivity index (χ0v) is 39.2. The van der Waals surface area contributed by atoms with E-state index in [0.717, 1.165) is 121 Å². The third-order valence-corrected chi connectivity index (χ3v) is 14.7. The Morgan fingerprint density at radius 2 is 1.38 bits per heavy atom. The first-order valence-electron chi connectivity index (χ1n) is 23.1. The van der Waals surface area contributed by atoms with Gasteiger partial charge in [-0.15, -0.1) is 11.3 Å². The molecule has 0 spiro atoms. The number of hydrogen-bond donors (Lipinski definition) is 4. The van der Waals surface area contributed by atoms with Crippen LogP contribution < -0.4 is 10.6 Å². The molecule has 344 valence electrons. The number of aromatic amines is 2. The second-order valence-corrected chi connectivity index (χ2v) is 19.5. The van der Waals surface area contributed by atoms with Crippen molar-refractivity contribution in [1.82, 2.24) is 40.4 Å². The summed E-state index contributed by atoms with van der Waals surface area (Å²) in [5.74, 6) is 0.995. The Bertz CT molecular complexity index is 2930. The largest absolute Gasteiger partial charge is 0.453 e. The number of nitrogens with one attached hydrogen (secondary N) is 4. The summed E-state index contributed by atoms with van der Waals surface area (Å²) in [5, 5.41) is 8.76. The van der Waals surface area contributed by atoms with E-state index in [-0.39, 0.29) is 35.7 Å². The summed E-state index contributed by atoms with van der Waals surface area (Å²) in [4.78, 5) is 74.3. The molecule has 66 heavy (non-hydrogen) atoms. The number of rotatable bonds is 12. The van der Waals surface area contributed by atoms with Gasteiger partial charge in [-0.1, -0.05) is 95.5 Å². The van der Waals surface area contributed by atoms with Crippen LogP contribution in [0.4, 0.5) is 9.59 Å². The number of benzene rings is 4. The first-order chi connectivity index (χ1) is 31.9. The van der Waals surface area contributed by atoms with E-state index in [1.165, 1.54) is 14.2 Å². The maximum Gasteiger partial charge on any atom is 0.407 e. The van der Waals surface area contributed by atoms with Crippen molar-refractivity contribution in [3.8, 4) is 21.6 Å². The van der Waals surface area contributed by atoms with Gasteiger partial charge in [0, 0.05) is 22.8 Å². The summed E-state index contributed by atoms with van der Waals surface area (Å²) >= 11 is 1.72. The van der Waals surface area contributed by atoms with Crippen molar-refractivity contribution in [2.75, 3.05) is 20.8 Å². The van der Waals surface area contributed by atoms with Crippen LogP contribution in [0.3, 0.4) is 0 Å². The Kier molecular flexibility index (Phi) is 12.7. The summed E-state index contributed by atoms with van der Waals surface area (Å²) in [7, 11) is 2.61. The fourth-order valence-electron chi connectivity index (χ4n) is 9.85. The van der Waals surface area contributed by atoms with Gasteiger partial charge in [0.15, 0.2) is 0 Å². The number of aromatic nitrogens is 4. The number of ether oxygens (including phenoxy) is 2. The van der Waals surface area contributed by atoms with E-state index in [1.54, 1.807) is 11.3 Å². The lowest BCUT2D eigenvalue weighted by Gasteiger charge is -2.37. The Balaban J connectivity index is 0.937. The number of likely N-dealkylation sites (tertiary alicyclic amines) is 1. The average molecular weight is 911 g/mol. The van der Waals surface area contributed by atoms with Crippen LogP contribution in [0.2, 0.25) is 0 Å². The number of methoxy groups -OCH3 is 2. The highest BCUT2D eigenvalue weighted by atomic mass is 32.1. The molecule has 1 aliphatic carbocycles. The zero-order chi connectivity index (χ0) is 46.2. The Morgan fingerprint density at radius 1 is 0.727 bits per heavy atom. The highest BCUT2D eigenvalue weighted by Gasteiger charge is 2.38. The minimum absolute atomic E-state index is 0.0725. The van der Waals surface area contributed by atoms with Gasteiger partial charge in [0.25, 0.3) is 0 Å². The van der Waals surface area contributed by atoms with E-state index >= 15 is 0 Å². The second kappa shape index (κ2) is 18.8. The van der Waals surface area contributed by atoms with E-state index in [9.17, 15) is 19.2 Å². The number of hydrogen-bond acceptors (Lipinski definition) is 9. The number of carbonyl (C=O) groups is 4. The molecule has 7 aromatic rings. The molecule has 1 saturated heterocycles. The van der Waals surface area contributed by atoms with Crippen molar-refractivity contribution in [1.29, 1.82) is 0 Å². The van der Waals surface area contributed by atoms with Crippen molar-refractivity contribution in [3.05, 3.63) is 84.4 Å². The molecule has 4 amide bonds. The molecule has 9 rings (SSSR count). The van der Waals surface area contributed by atoms with E-state index in [1.807, 2.05) is 49.6 Å². The van der Waals surface area contributed by atoms with Crippen molar-refractivity contribution in [3.63, 3.8) is 0 Å². The second-order valence-electron chi connectivity index (χ2n) is 18.4. The lowest BCUT2D eigenvalue weighted by atomic mass is 9.92. The summed E-state index contributed by atoms with van der Waals surface area (Å²) in [5.41, 5.74) is 6.90. The summed E-state index contributed by atoms with van der Waals surface area (Å²) < 4.78 is 10.8. The fraction of sp³-hybridized carbons (Fsp3) is 0.412. The van der Waals surface area contributed by atoms with Gasteiger partial charge in [-0.25, -0.2) is 19.6 Å². The monoisotopic (exact) mass is 910 g/mol. The van der Waals surface area contributed by atoms with E-state index in [0.29, 0.717) is 13.1 Å². The molecular formula is C51H58N8O6S. The minimum atomic E-state index is -0.705. The first kappa shape index (κ1) is 44.7. The number of carbonyl (C=O) groups excluding carboxylic acids is 4. The van der Waals surface area contributed by atoms with Gasteiger partial charge in [-0.3, -0.25) is 9.59 Å². The normalized spacial score (nSPS) is 16.7. The summed E-state index contributed by atoms with van der Waals surface area (Å²) in [6, 6.07) is 24.1. The standard InChI is InChI=1S/C51H58N8O6S/c1-28(2)42(56-50(62)64-5)48(60)58-24-10-13-39(58)47-53-37-22-19-33-25-32(18-21-36(33)44(37)55-47)30-14-16-31(17-15-30)40-26-34-20-23-38-45(46(34)66-40)54-41(52-38)27-59(35-11-8-7-9-12-35)49(61)43(29(3)4)57-51(63)65-6/h14-23,25-26,28-29,35,39,42-43H,7-13,24,27H2,1-6H3,(H,52,54)(H,53,55)(H,56,62)(H,57,63)/t39?,42-,43-/m0/s1. The van der Waals surface area contributed by atoms with E-state index in [4.69, 9.17) is 19.4 Å². The quantitative estimate of drug-likeness (QED) is 0.0937. The first-order valence-corrected chi connectivity index (χ1v) is 24.0. The molecule has 2 aliphatic rings. The van der Waals surface area contributed by atoms with Crippen LogP contribution >= 0.6 is 11.3 Å². The van der Waals surface area contributed by atoms with E-state index in [2.05, 4.69) is 81.3 Å². The molecule has 0 radical (unpaired) electrons. The van der Waals surface area contributed by atoms with Gasteiger partial charge in [0.05, 0.1) is 53.6 Å². The Morgan fingerprint density at radius 3 is 2.08 bits per heavy atom. The molecule has 4 heterocycles. The Labute approximate surface area is 387 Å². The van der Waals surface area contributed by atoms with Crippen molar-refractivity contribution in [2.24, 2.45) is 11.8 Å². The molecule has 1 unspecified atom stereocenters. The topological polar surface area (TPSA) is 175 Å². The van der Waals surface area contributed by atoms with Crippen molar-refractivity contribution in [2.45, 2.75) is 103 Å². The smallest absolute Gasteiger partial charge is 0.407 e. The molecule has 2 fully saturated rings. The predicted octanol–water partition coefficient (Wildman–Crippen LogP) is 10.2. The number of alkyl carbamates (subject to hydrolysis) is 2. The number of amides is 4. The summed E-state index contributed by atoms with van der Waals surface area (Å²) in [6.07, 6.45) is 5.54. The molecule has 15 heteroatoms. The number of thiophene rings is 1. The predicted molar refractivity (Wildman–Crippen MR) is 259 cm³/mol. The van der Waals surface area contributed by atoms with Gasteiger partial charge < -0.3 is 39.9 Å². The average Bonchev–Trinajstić information content (AvgIpc) is 4.16. The highest BCUT2D eigenvalue weighted by Crippen LogP contribution is 2.39. The van der Waals surface area contributed by atoms with Crippen LogP contribution in [0.15, 0.2) is 72.8 Å². The molecule has 0 bridgehead atoms. The number of nitrogens with zero attached hydrogens (tertiary/aromatic N) is 4. The SMILES string of the molecule is COC(=O)N[C@H](C(=O)N(Cc1nc2ccc3cc(-c4ccc(-c5ccc6c(ccc7nc(C8CCCN8C(=O)[C@@H](NC(=O)OC)C(C)C)[nH]c76)c5)cc4)sc3c2[nH]1)C1CCCCC1)C(C)C. The highest BCUT2D eigenvalue weighted by molar-refractivity contribution is 7.23. The van der Waals surface area contributed by atoms with Crippen molar-refractivity contribution >= 4 is 78.3 Å². The Hall–Kier alpha value is -6.48. The molecule has 1 saturated carbocycles. The van der Waals surface area contributed by atoms with Gasteiger partial charge in [0.2, 0.25) is 11.8 Å². The van der Waals surface area contributed by atoms with Gasteiger partial charge in [0.1, 0.15) is 23.7 Å². The van der Waals surface area contributed by atoms with Crippen LogP contribution in [0.25, 0.3) is 64.5 Å². The van der Waals surface area contributed by atoms with Gasteiger partial charge in [-0.2, -0.15) is 0 Å². The molecule has 4 aromatic carbocycles. The number of fused-ring (bicyclic) bond motifs is 6.